The molecule has 0 aliphatic rings. The van der Waals surface area contributed by atoms with Gasteiger partial charge in [-0.3, -0.25) is 0 Å². The lowest BCUT2D eigenvalue weighted by Gasteiger charge is -2.19. The summed E-state index contributed by atoms with van der Waals surface area (Å²) in [6.07, 6.45) is 0. The van der Waals surface area contributed by atoms with Crippen molar-refractivity contribution in [3.63, 3.8) is 0 Å². The van der Waals surface area contributed by atoms with E-state index < -0.39 is 0 Å². The zero-order valence-electron chi connectivity index (χ0n) is 10.2. The molecule has 6 heteroatoms. The van der Waals surface area contributed by atoms with Crippen molar-refractivity contribution >= 4 is 22.2 Å². The van der Waals surface area contributed by atoms with Gasteiger partial charge in [0, 0.05) is 25.6 Å². The topological polar surface area (TPSA) is 64.8 Å². The summed E-state index contributed by atoms with van der Waals surface area (Å²) in [5.41, 5.74) is 2.45. The van der Waals surface area contributed by atoms with Gasteiger partial charge in [0.15, 0.2) is 0 Å². The monoisotopic (exact) mass is 259 g/mol. The highest BCUT2D eigenvalue weighted by molar-refractivity contribution is 7.10. The Morgan fingerprint density at radius 3 is 2.94 bits per heavy atom. The first-order chi connectivity index (χ1) is 8.76. The summed E-state index contributed by atoms with van der Waals surface area (Å²) in [6, 6.07) is 9.71. The molecule has 0 atom stereocenters. The van der Waals surface area contributed by atoms with Crippen LogP contribution < -0.4 is 10.2 Å². The molecule has 18 heavy (non-hydrogen) atoms. The van der Waals surface area contributed by atoms with Gasteiger partial charge < -0.3 is 10.2 Å². The third kappa shape index (κ3) is 2.41. The minimum atomic E-state index is 0.616. The smallest absolute Gasteiger partial charge is 0.134 e. The van der Waals surface area contributed by atoms with Crippen LogP contribution in [-0.4, -0.2) is 23.7 Å². The van der Waals surface area contributed by atoms with E-state index in [1.165, 1.54) is 11.5 Å². The summed E-state index contributed by atoms with van der Waals surface area (Å²) in [5, 5.41) is 17.2. The van der Waals surface area contributed by atoms with Crippen molar-refractivity contribution in [2.45, 2.75) is 6.54 Å². The van der Waals surface area contributed by atoms with Crippen LogP contribution in [0.25, 0.3) is 0 Å². The maximum atomic E-state index is 9.08. The molecule has 1 heterocycles. The van der Waals surface area contributed by atoms with Crippen LogP contribution in [0.5, 0.6) is 0 Å². The second kappa shape index (κ2) is 5.47. The Morgan fingerprint density at radius 2 is 2.22 bits per heavy atom. The quantitative estimate of drug-likeness (QED) is 0.910. The third-order valence-corrected chi connectivity index (χ3v) is 3.39. The SMILES string of the molecule is CNc1snnc1CN(C)c1ccccc1C#N. The molecular weight excluding hydrogens is 246 g/mol. The van der Waals surface area contributed by atoms with Gasteiger partial charge in [-0.25, -0.2) is 0 Å². The van der Waals surface area contributed by atoms with E-state index in [9.17, 15) is 0 Å². The molecule has 2 rings (SSSR count). The molecule has 0 saturated carbocycles. The van der Waals surface area contributed by atoms with Gasteiger partial charge in [-0.1, -0.05) is 16.6 Å². The lowest BCUT2D eigenvalue weighted by molar-refractivity contribution is 0.872. The number of aromatic nitrogens is 2. The number of benzene rings is 1. The maximum Gasteiger partial charge on any atom is 0.134 e. The molecule has 0 saturated heterocycles. The van der Waals surface area contributed by atoms with Crippen LogP contribution in [0.4, 0.5) is 10.7 Å². The molecule has 0 amide bonds. The van der Waals surface area contributed by atoms with Crippen LogP contribution in [0.3, 0.4) is 0 Å². The van der Waals surface area contributed by atoms with Crippen LogP contribution >= 0.6 is 11.5 Å². The Kier molecular flexibility index (Phi) is 3.75. The Morgan fingerprint density at radius 1 is 1.44 bits per heavy atom. The molecule has 0 spiro atoms. The second-order valence-electron chi connectivity index (χ2n) is 3.78. The molecule has 5 nitrogen and oxygen atoms in total. The fourth-order valence-corrected chi connectivity index (χ4v) is 2.24. The fourth-order valence-electron chi connectivity index (χ4n) is 1.71. The normalized spacial score (nSPS) is 9.83. The van der Waals surface area contributed by atoms with E-state index in [1.807, 2.05) is 43.3 Å². The van der Waals surface area contributed by atoms with Crippen molar-refractivity contribution in [3.05, 3.63) is 35.5 Å². The van der Waals surface area contributed by atoms with Gasteiger partial charge >= 0.3 is 0 Å². The average Bonchev–Trinajstić information content (AvgIpc) is 2.85. The molecule has 92 valence electrons. The van der Waals surface area contributed by atoms with Crippen LogP contribution in [0.2, 0.25) is 0 Å². The molecule has 0 bridgehead atoms. The zero-order valence-corrected chi connectivity index (χ0v) is 11.0. The number of rotatable bonds is 4. The number of para-hydroxylation sites is 1. The van der Waals surface area contributed by atoms with Crippen LogP contribution in [0.1, 0.15) is 11.3 Å². The highest BCUT2D eigenvalue weighted by Crippen LogP contribution is 2.23. The van der Waals surface area contributed by atoms with E-state index in [4.69, 9.17) is 5.26 Å². The molecule has 0 radical (unpaired) electrons. The number of hydrogen-bond acceptors (Lipinski definition) is 6. The molecule has 2 aromatic rings. The maximum absolute atomic E-state index is 9.08. The highest BCUT2D eigenvalue weighted by Gasteiger charge is 2.12. The number of nitriles is 1. The molecule has 1 aromatic heterocycles. The van der Waals surface area contributed by atoms with Crippen molar-refractivity contribution in [1.82, 2.24) is 9.59 Å². The standard InChI is InChI=1S/C12H13N5S/c1-14-12-10(15-16-18-12)8-17(2)11-6-4-3-5-9(11)7-13/h3-6,14H,8H2,1-2H3. The number of nitrogens with one attached hydrogen (secondary N) is 1. The molecule has 0 fully saturated rings. The van der Waals surface area contributed by atoms with Crippen molar-refractivity contribution in [1.29, 1.82) is 5.26 Å². The minimum absolute atomic E-state index is 0.616. The van der Waals surface area contributed by atoms with Gasteiger partial charge in [0.25, 0.3) is 0 Å². The van der Waals surface area contributed by atoms with Gasteiger partial charge in [0.05, 0.1) is 17.8 Å². The van der Waals surface area contributed by atoms with Gasteiger partial charge in [-0.15, -0.1) is 5.10 Å². The molecule has 1 aromatic carbocycles. The Labute approximate surface area is 110 Å². The largest absolute Gasteiger partial charge is 0.377 e. The van der Waals surface area contributed by atoms with Crippen LogP contribution in [0.15, 0.2) is 24.3 Å². The Balaban J connectivity index is 2.22. The van der Waals surface area contributed by atoms with Gasteiger partial charge in [0.1, 0.15) is 16.8 Å². The minimum Gasteiger partial charge on any atom is -0.377 e. The molecule has 0 aliphatic heterocycles. The molecular formula is C12H13N5S. The summed E-state index contributed by atoms with van der Waals surface area (Å²) < 4.78 is 3.92. The van der Waals surface area contributed by atoms with Gasteiger partial charge in [-0.2, -0.15) is 5.26 Å². The molecule has 0 aliphatic carbocycles. The summed E-state index contributed by atoms with van der Waals surface area (Å²) in [7, 11) is 3.79. The first-order valence-corrected chi connectivity index (χ1v) is 6.23. The average molecular weight is 259 g/mol. The first-order valence-electron chi connectivity index (χ1n) is 5.45. The molecule has 0 unspecified atom stereocenters. The number of anilines is 2. The number of hydrogen-bond donors (Lipinski definition) is 1. The zero-order chi connectivity index (χ0) is 13.0. The van der Waals surface area contributed by atoms with Crippen LogP contribution in [-0.2, 0) is 6.54 Å². The Hall–Kier alpha value is -2.13. The summed E-state index contributed by atoms with van der Waals surface area (Å²) in [4.78, 5) is 2.00. The van der Waals surface area contributed by atoms with E-state index in [0.717, 1.165) is 16.4 Å². The first kappa shape index (κ1) is 12.3. The summed E-state index contributed by atoms with van der Waals surface area (Å²) >= 11 is 1.33. The van der Waals surface area contributed by atoms with Crippen molar-refractivity contribution in [2.75, 3.05) is 24.3 Å². The van der Waals surface area contributed by atoms with E-state index in [-0.39, 0.29) is 0 Å². The fraction of sp³-hybridized carbons (Fsp3) is 0.250. The van der Waals surface area contributed by atoms with Crippen molar-refractivity contribution in [2.24, 2.45) is 0 Å². The predicted octanol–water partition coefficient (Wildman–Crippen LogP) is 2.09. The van der Waals surface area contributed by atoms with E-state index in [1.54, 1.807) is 0 Å². The van der Waals surface area contributed by atoms with Gasteiger partial charge in [0.2, 0.25) is 0 Å². The van der Waals surface area contributed by atoms with Crippen LogP contribution in [0, 0.1) is 11.3 Å². The van der Waals surface area contributed by atoms with E-state index >= 15 is 0 Å². The lowest BCUT2D eigenvalue weighted by atomic mass is 10.2. The summed E-state index contributed by atoms with van der Waals surface area (Å²) in [6.45, 7) is 0.616. The van der Waals surface area contributed by atoms with Crippen molar-refractivity contribution < 1.29 is 0 Å². The van der Waals surface area contributed by atoms with E-state index in [0.29, 0.717) is 12.1 Å². The van der Waals surface area contributed by atoms with Gasteiger partial charge in [-0.05, 0) is 12.1 Å². The molecule has 1 N–H and O–H groups in total. The second-order valence-corrected chi connectivity index (χ2v) is 4.54. The van der Waals surface area contributed by atoms with E-state index in [2.05, 4.69) is 21.0 Å². The Bertz CT molecular complexity index is 572. The van der Waals surface area contributed by atoms with Crippen molar-refractivity contribution in [3.8, 4) is 6.07 Å². The third-order valence-electron chi connectivity index (χ3n) is 2.61. The predicted molar refractivity (Wildman–Crippen MR) is 72.7 cm³/mol. The highest BCUT2D eigenvalue weighted by atomic mass is 32.1. The summed E-state index contributed by atoms with van der Waals surface area (Å²) in [5.74, 6) is 0. The lowest BCUT2D eigenvalue weighted by Crippen LogP contribution is -2.18. The number of nitrogens with zero attached hydrogens (tertiary/aromatic N) is 4.